The standard InChI is InChI=1S/C26H25N5O5S2/c1-26(2)11-17-18(12-36-26)23(30-6-8-35-9-7-30)29-24-20(17)21-22(38-24)25(28-14-27-21)37-13-19(32)15-4-3-5-16(10-15)31(33)34/h3-5,10,14H,6-9,11-13H2,1-2H3. The monoisotopic (exact) mass is 551 g/mol. The van der Waals surface area contributed by atoms with E-state index in [1.807, 2.05) is 0 Å². The van der Waals surface area contributed by atoms with E-state index in [4.69, 9.17) is 14.5 Å². The number of fused-ring (bicyclic) bond motifs is 5. The van der Waals surface area contributed by atoms with Crippen molar-refractivity contribution < 1.29 is 19.2 Å². The van der Waals surface area contributed by atoms with Crippen molar-refractivity contribution >= 4 is 60.8 Å². The molecule has 38 heavy (non-hydrogen) atoms. The molecule has 1 aromatic carbocycles. The lowest BCUT2D eigenvalue weighted by Gasteiger charge is -2.36. The van der Waals surface area contributed by atoms with E-state index in [2.05, 4.69) is 28.7 Å². The minimum Gasteiger partial charge on any atom is -0.378 e. The van der Waals surface area contributed by atoms with Crippen molar-refractivity contribution in [2.75, 3.05) is 37.0 Å². The maximum absolute atomic E-state index is 12.9. The fraction of sp³-hybridized carbons (Fsp3) is 0.385. The van der Waals surface area contributed by atoms with Crippen molar-refractivity contribution in [3.63, 3.8) is 0 Å². The summed E-state index contributed by atoms with van der Waals surface area (Å²) in [5, 5.41) is 12.8. The number of anilines is 1. The summed E-state index contributed by atoms with van der Waals surface area (Å²) < 4.78 is 12.7. The quantitative estimate of drug-likeness (QED) is 0.108. The van der Waals surface area contributed by atoms with E-state index in [1.165, 1.54) is 53.2 Å². The number of hydrogen-bond acceptors (Lipinski definition) is 11. The van der Waals surface area contributed by atoms with Crippen LogP contribution >= 0.6 is 23.1 Å². The molecule has 0 radical (unpaired) electrons. The Hall–Kier alpha value is -3.19. The zero-order chi connectivity index (χ0) is 26.4. The third kappa shape index (κ3) is 4.62. The molecule has 0 spiro atoms. The average molecular weight is 552 g/mol. The summed E-state index contributed by atoms with van der Waals surface area (Å²) in [6.45, 7) is 7.57. The molecule has 0 aliphatic carbocycles. The Morgan fingerprint density at radius 3 is 2.84 bits per heavy atom. The van der Waals surface area contributed by atoms with Crippen molar-refractivity contribution in [3.05, 3.63) is 57.4 Å². The van der Waals surface area contributed by atoms with Crippen molar-refractivity contribution in [1.82, 2.24) is 15.0 Å². The van der Waals surface area contributed by atoms with Crippen LogP contribution in [0.1, 0.15) is 35.3 Å². The van der Waals surface area contributed by atoms with Gasteiger partial charge in [0.25, 0.3) is 5.69 Å². The van der Waals surface area contributed by atoms with Gasteiger partial charge < -0.3 is 14.4 Å². The molecule has 6 rings (SSSR count). The Labute approximate surface area is 226 Å². The molecular weight excluding hydrogens is 526 g/mol. The molecule has 3 aromatic heterocycles. The number of hydrogen-bond donors (Lipinski definition) is 0. The molecule has 2 aliphatic heterocycles. The Bertz CT molecular complexity index is 1580. The van der Waals surface area contributed by atoms with Gasteiger partial charge in [-0.2, -0.15) is 0 Å². The van der Waals surface area contributed by atoms with Crippen molar-refractivity contribution in [2.24, 2.45) is 0 Å². The molecule has 4 aromatic rings. The topological polar surface area (TPSA) is 121 Å². The smallest absolute Gasteiger partial charge is 0.270 e. The van der Waals surface area contributed by atoms with E-state index >= 15 is 0 Å². The number of carbonyl (C=O) groups is 1. The van der Waals surface area contributed by atoms with E-state index in [9.17, 15) is 14.9 Å². The second-order valence-corrected chi connectivity index (χ2v) is 11.8. The maximum Gasteiger partial charge on any atom is 0.270 e. The number of nitro benzene ring substituents is 1. The van der Waals surface area contributed by atoms with Crippen LogP contribution in [0.2, 0.25) is 0 Å². The minimum absolute atomic E-state index is 0.103. The number of nitro groups is 1. The summed E-state index contributed by atoms with van der Waals surface area (Å²) in [7, 11) is 0. The van der Waals surface area contributed by atoms with E-state index in [0.29, 0.717) is 30.4 Å². The molecule has 0 unspecified atom stereocenters. The van der Waals surface area contributed by atoms with Crippen molar-refractivity contribution in [1.29, 1.82) is 0 Å². The number of non-ortho nitro benzene ring substituents is 1. The van der Waals surface area contributed by atoms with Gasteiger partial charge in [-0.25, -0.2) is 15.0 Å². The highest BCUT2D eigenvalue weighted by Crippen LogP contribution is 2.44. The summed E-state index contributed by atoms with van der Waals surface area (Å²) in [6.07, 6.45) is 2.27. The highest BCUT2D eigenvalue weighted by molar-refractivity contribution is 8.00. The summed E-state index contributed by atoms with van der Waals surface area (Å²) in [5.74, 6) is 0.851. The Morgan fingerprint density at radius 2 is 2.05 bits per heavy atom. The maximum atomic E-state index is 12.9. The number of ketones is 1. The summed E-state index contributed by atoms with van der Waals surface area (Å²) >= 11 is 2.85. The molecule has 0 atom stereocenters. The third-order valence-electron chi connectivity index (χ3n) is 6.80. The first-order valence-corrected chi connectivity index (χ1v) is 14.1. The average Bonchev–Trinajstić information content (AvgIpc) is 3.30. The van der Waals surface area contributed by atoms with Crippen LogP contribution in [0.3, 0.4) is 0 Å². The van der Waals surface area contributed by atoms with E-state index in [-0.39, 0.29) is 22.8 Å². The first-order chi connectivity index (χ1) is 18.3. The molecular formula is C26H25N5O5S2. The second-order valence-electron chi connectivity index (χ2n) is 9.88. The number of thiophene rings is 1. The number of benzene rings is 1. The Morgan fingerprint density at radius 1 is 1.24 bits per heavy atom. The number of thioether (sulfide) groups is 1. The van der Waals surface area contributed by atoms with Crippen molar-refractivity contribution in [2.45, 2.75) is 37.5 Å². The third-order valence-corrected chi connectivity index (χ3v) is 9.00. The molecule has 12 heteroatoms. The van der Waals surface area contributed by atoms with Crippen LogP contribution in [-0.2, 0) is 22.5 Å². The number of rotatable bonds is 6. The predicted octanol–water partition coefficient (Wildman–Crippen LogP) is 4.81. The molecule has 196 valence electrons. The van der Waals surface area contributed by atoms with E-state index < -0.39 is 4.92 Å². The molecule has 1 fully saturated rings. The zero-order valence-corrected chi connectivity index (χ0v) is 22.6. The number of pyridine rings is 1. The number of aromatic nitrogens is 3. The SMILES string of the molecule is CC1(C)Cc2c(c(N3CCOCC3)nc3sc4c(SCC(=O)c5cccc([N+](=O)[O-])c5)ncnc4c23)CO1. The Kier molecular flexibility index (Phi) is 6.50. The lowest BCUT2D eigenvalue weighted by molar-refractivity contribution is -0.384. The van der Waals surface area contributed by atoms with Gasteiger partial charge in [0.1, 0.15) is 22.0 Å². The minimum atomic E-state index is -0.500. The van der Waals surface area contributed by atoms with Crippen LogP contribution in [0.4, 0.5) is 11.5 Å². The van der Waals surface area contributed by atoms with E-state index in [1.54, 1.807) is 6.07 Å². The molecule has 0 amide bonds. The fourth-order valence-electron chi connectivity index (χ4n) is 4.92. The van der Waals surface area contributed by atoms with Crippen LogP contribution in [0, 0.1) is 10.1 Å². The number of morpholine rings is 1. The van der Waals surface area contributed by atoms with Crippen LogP contribution in [0.25, 0.3) is 20.4 Å². The van der Waals surface area contributed by atoms with Gasteiger partial charge in [0.05, 0.1) is 46.3 Å². The predicted molar refractivity (Wildman–Crippen MR) is 146 cm³/mol. The first kappa shape index (κ1) is 25.1. The lowest BCUT2D eigenvalue weighted by Crippen LogP contribution is -2.39. The van der Waals surface area contributed by atoms with E-state index in [0.717, 1.165) is 51.3 Å². The van der Waals surface area contributed by atoms with Gasteiger partial charge >= 0.3 is 0 Å². The lowest BCUT2D eigenvalue weighted by atomic mass is 9.90. The number of ether oxygens (including phenoxy) is 2. The molecule has 2 aliphatic rings. The van der Waals surface area contributed by atoms with Gasteiger partial charge in [-0.05, 0) is 19.4 Å². The second kappa shape index (κ2) is 9.84. The molecule has 1 saturated heterocycles. The summed E-state index contributed by atoms with van der Waals surface area (Å²) in [5.41, 5.74) is 3.04. The van der Waals surface area contributed by atoms with Gasteiger partial charge in [0.15, 0.2) is 5.78 Å². The molecule has 0 N–H and O–H groups in total. The van der Waals surface area contributed by atoms with Gasteiger partial charge in [0, 0.05) is 48.2 Å². The molecule has 10 nitrogen and oxygen atoms in total. The normalized spacial score (nSPS) is 17.1. The van der Waals surface area contributed by atoms with Gasteiger partial charge in [-0.15, -0.1) is 11.3 Å². The zero-order valence-electron chi connectivity index (χ0n) is 20.9. The van der Waals surface area contributed by atoms with Crippen molar-refractivity contribution in [3.8, 4) is 0 Å². The Balaban J connectivity index is 1.40. The summed E-state index contributed by atoms with van der Waals surface area (Å²) in [4.78, 5) is 40.9. The van der Waals surface area contributed by atoms with Gasteiger partial charge in [0.2, 0.25) is 0 Å². The summed E-state index contributed by atoms with van der Waals surface area (Å²) in [6, 6.07) is 5.81. The van der Waals surface area contributed by atoms with Crippen LogP contribution in [-0.4, -0.2) is 63.3 Å². The first-order valence-electron chi connectivity index (χ1n) is 12.3. The van der Waals surface area contributed by atoms with Gasteiger partial charge in [-0.1, -0.05) is 23.9 Å². The number of Topliss-reactive ketones (excluding diaryl/α,β-unsaturated/α-hetero) is 1. The largest absolute Gasteiger partial charge is 0.378 e. The molecule has 5 heterocycles. The molecule has 0 bridgehead atoms. The number of carbonyl (C=O) groups excluding carboxylic acids is 1. The van der Waals surface area contributed by atoms with Crippen LogP contribution < -0.4 is 4.90 Å². The fourth-order valence-corrected chi connectivity index (χ4v) is 7.04. The molecule has 0 saturated carbocycles. The van der Waals surface area contributed by atoms with Crippen LogP contribution in [0.5, 0.6) is 0 Å². The number of nitrogens with zero attached hydrogens (tertiary/aromatic N) is 5. The highest BCUT2D eigenvalue weighted by Gasteiger charge is 2.33. The van der Waals surface area contributed by atoms with Crippen LogP contribution in [0.15, 0.2) is 35.6 Å². The highest BCUT2D eigenvalue weighted by atomic mass is 32.2. The van der Waals surface area contributed by atoms with Gasteiger partial charge in [-0.3, -0.25) is 14.9 Å².